The second-order valence-corrected chi connectivity index (χ2v) is 7.00. The van der Waals surface area contributed by atoms with Gasteiger partial charge in [-0.2, -0.15) is 0 Å². The van der Waals surface area contributed by atoms with Crippen LogP contribution in [-0.2, 0) is 4.79 Å². The highest BCUT2D eigenvalue weighted by atomic mass is 35.5. The van der Waals surface area contributed by atoms with Crippen LogP contribution in [0.2, 0.25) is 20.1 Å². The summed E-state index contributed by atoms with van der Waals surface area (Å²) in [6.45, 7) is 3.64. The smallest absolute Gasteiger partial charge is 0.303 e. The van der Waals surface area contributed by atoms with Gasteiger partial charge in [0.05, 0.1) is 21.5 Å². The van der Waals surface area contributed by atoms with Gasteiger partial charge in [-0.05, 0) is 17.9 Å². The molecule has 0 aliphatic rings. The Hall–Kier alpha value is -0.190. The molecule has 1 aromatic rings. The second-order valence-electron chi connectivity index (χ2n) is 5.43. The molecule has 1 rings (SSSR count). The van der Waals surface area contributed by atoms with Crippen LogP contribution in [-0.4, -0.2) is 11.1 Å². The molecular weight excluding hydrogens is 344 g/mol. The summed E-state index contributed by atoms with van der Waals surface area (Å²) in [5, 5.41) is 9.87. The van der Waals surface area contributed by atoms with Crippen LogP contribution in [0.5, 0.6) is 0 Å². The van der Waals surface area contributed by atoms with E-state index < -0.39 is 17.4 Å². The van der Waals surface area contributed by atoms with Crippen LogP contribution >= 0.6 is 46.4 Å². The monoisotopic (exact) mass is 357 g/mol. The Bertz CT molecular complexity index is 532. The molecule has 0 bridgehead atoms. The van der Waals surface area contributed by atoms with Gasteiger partial charge in [-0.25, -0.2) is 0 Å². The summed E-state index contributed by atoms with van der Waals surface area (Å²) in [5.74, 6) is -0.881. The fraction of sp³-hybridized carbons (Fsp3) is 0.462. The van der Waals surface area contributed by atoms with Crippen molar-refractivity contribution in [3.63, 3.8) is 0 Å². The van der Waals surface area contributed by atoms with Gasteiger partial charge in [0.15, 0.2) is 0 Å². The number of carboxylic acids is 1. The molecule has 0 saturated heterocycles. The number of aliphatic carboxylic acids is 1. The molecule has 20 heavy (non-hydrogen) atoms. The lowest BCUT2D eigenvalue weighted by Gasteiger charge is -2.27. The van der Waals surface area contributed by atoms with E-state index in [-0.39, 0.29) is 21.5 Å². The lowest BCUT2D eigenvalue weighted by atomic mass is 9.81. The Balaban J connectivity index is 3.07. The Labute approximate surface area is 137 Å². The van der Waals surface area contributed by atoms with Crippen LogP contribution in [0, 0.1) is 5.41 Å². The molecule has 0 fully saturated rings. The zero-order valence-corrected chi connectivity index (χ0v) is 14.0. The van der Waals surface area contributed by atoms with E-state index in [0.29, 0.717) is 17.0 Å². The first-order chi connectivity index (χ1) is 9.05. The van der Waals surface area contributed by atoms with Crippen molar-refractivity contribution in [1.82, 2.24) is 0 Å². The maximum Gasteiger partial charge on any atom is 0.303 e. The Morgan fingerprint density at radius 2 is 1.80 bits per heavy atom. The van der Waals surface area contributed by atoms with Crippen LogP contribution < -0.4 is 5.73 Å². The van der Waals surface area contributed by atoms with Gasteiger partial charge in [-0.1, -0.05) is 60.3 Å². The Morgan fingerprint density at radius 3 is 2.30 bits per heavy atom. The third-order valence-corrected chi connectivity index (χ3v) is 4.51. The van der Waals surface area contributed by atoms with E-state index in [2.05, 4.69) is 0 Å². The van der Waals surface area contributed by atoms with E-state index in [1.54, 1.807) is 0 Å². The van der Waals surface area contributed by atoms with E-state index in [9.17, 15) is 4.79 Å². The second kappa shape index (κ2) is 6.71. The van der Waals surface area contributed by atoms with Gasteiger partial charge < -0.3 is 10.8 Å². The zero-order valence-electron chi connectivity index (χ0n) is 11.0. The zero-order chi connectivity index (χ0) is 15.7. The number of carbonyl (C=O) groups is 1. The van der Waals surface area contributed by atoms with Crippen molar-refractivity contribution >= 4 is 52.4 Å². The van der Waals surface area contributed by atoms with E-state index in [0.717, 1.165) is 0 Å². The number of carboxylic acid groups (broad SMARTS) is 1. The first kappa shape index (κ1) is 17.9. The summed E-state index contributed by atoms with van der Waals surface area (Å²) in [6, 6.07) is 0.954. The standard InChI is InChI=1S/C13H15Cl4NO2/c1-13(2,5-9(19)20)4-8(18)10-6(14)3-7(15)11(16)12(10)17/h3,8H,4-5,18H2,1-2H3,(H,19,20). The molecule has 3 nitrogen and oxygen atoms in total. The van der Waals surface area contributed by atoms with Crippen molar-refractivity contribution in [3.8, 4) is 0 Å². The highest BCUT2D eigenvalue weighted by Gasteiger charge is 2.28. The van der Waals surface area contributed by atoms with Gasteiger partial charge in [0.25, 0.3) is 0 Å². The van der Waals surface area contributed by atoms with E-state index in [1.807, 2.05) is 13.8 Å². The maximum absolute atomic E-state index is 10.8. The summed E-state index contributed by atoms with van der Waals surface area (Å²) >= 11 is 24.1. The summed E-state index contributed by atoms with van der Waals surface area (Å²) in [6.07, 6.45) is 0.397. The van der Waals surface area contributed by atoms with E-state index in [4.69, 9.17) is 57.2 Å². The molecule has 0 radical (unpaired) electrons. The third kappa shape index (κ3) is 4.40. The number of nitrogens with two attached hydrogens (primary N) is 1. The fourth-order valence-electron chi connectivity index (χ4n) is 2.10. The molecule has 0 spiro atoms. The van der Waals surface area contributed by atoms with Gasteiger partial charge in [-0.3, -0.25) is 4.79 Å². The van der Waals surface area contributed by atoms with Crippen molar-refractivity contribution in [2.24, 2.45) is 11.1 Å². The minimum atomic E-state index is -0.881. The molecule has 1 aromatic carbocycles. The molecule has 1 atom stereocenters. The molecule has 0 heterocycles. The topological polar surface area (TPSA) is 63.3 Å². The molecule has 0 aliphatic carbocycles. The number of rotatable bonds is 5. The SMILES string of the molecule is CC(C)(CC(=O)O)CC(N)c1c(Cl)cc(Cl)c(Cl)c1Cl. The van der Waals surface area contributed by atoms with Gasteiger partial charge in [0, 0.05) is 16.6 Å². The maximum atomic E-state index is 10.8. The van der Waals surface area contributed by atoms with Crippen LogP contribution in [0.15, 0.2) is 6.07 Å². The summed E-state index contributed by atoms with van der Waals surface area (Å²) in [7, 11) is 0. The van der Waals surface area contributed by atoms with Crippen molar-refractivity contribution in [3.05, 3.63) is 31.7 Å². The minimum Gasteiger partial charge on any atom is -0.481 e. The van der Waals surface area contributed by atoms with Crippen molar-refractivity contribution in [2.45, 2.75) is 32.7 Å². The van der Waals surface area contributed by atoms with Gasteiger partial charge in [0.2, 0.25) is 0 Å². The highest BCUT2D eigenvalue weighted by molar-refractivity contribution is 6.49. The molecule has 3 N–H and O–H groups in total. The van der Waals surface area contributed by atoms with E-state index >= 15 is 0 Å². The highest BCUT2D eigenvalue weighted by Crippen LogP contribution is 2.42. The first-order valence-corrected chi connectivity index (χ1v) is 7.36. The van der Waals surface area contributed by atoms with Gasteiger partial charge in [0.1, 0.15) is 0 Å². The first-order valence-electron chi connectivity index (χ1n) is 5.85. The summed E-state index contributed by atoms with van der Waals surface area (Å²) in [5.41, 5.74) is 6.11. The van der Waals surface area contributed by atoms with Crippen molar-refractivity contribution in [2.75, 3.05) is 0 Å². The predicted molar refractivity (Wildman–Crippen MR) is 84.1 cm³/mol. The number of hydrogen-bond acceptors (Lipinski definition) is 2. The van der Waals surface area contributed by atoms with Crippen LogP contribution in [0.1, 0.15) is 38.3 Å². The summed E-state index contributed by atoms with van der Waals surface area (Å²) < 4.78 is 0. The summed E-state index contributed by atoms with van der Waals surface area (Å²) in [4.78, 5) is 10.8. The molecule has 1 unspecified atom stereocenters. The average molecular weight is 359 g/mol. The third-order valence-electron chi connectivity index (χ3n) is 2.92. The molecule has 112 valence electrons. The fourth-order valence-corrected chi connectivity index (χ4v) is 3.30. The van der Waals surface area contributed by atoms with E-state index in [1.165, 1.54) is 6.07 Å². The van der Waals surface area contributed by atoms with Crippen LogP contribution in [0.3, 0.4) is 0 Å². The number of halogens is 4. The Morgan fingerprint density at radius 1 is 1.25 bits per heavy atom. The number of hydrogen-bond donors (Lipinski definition) is 2. The van der Waals surface area contributed by atoms with Crippen molar-refractivity contribution < 1.29 is 9.90 Å². The van der Waals surface area contributed by atoms with Crippen LogP contribution in [0.25, 0.3) is 0 Å². The molecular formula is C13H15Cl4NO2. The Kier molecular flexibility index (Phi) is 6.00. The molecule has 0 amide bonds. The molecule has 0 aromatic heterocycles. The molecule has 0 saturated carbocycles. The normalized spacial score (nSPS) is 13.3. The average Bonchev–Trinajstić information content (AvgIpc) is 2.23. The largest absolute Gasteiger partial charge is 0.481 e. The predicted octanol–water partition coefficient (Wildman–Crippen LogP) is 5.19. The quantitative estimate of drug-likeness (QED) is 0.562. The molecule has 7 heteroatoms. The minimum absolute atomic E-state index is 0.00272. The lowest BCUT2D eigenvalue weighted by molar-refractivity contribution is -0.139. The van der Waals surface area contributed by atoms with Gasteiger partial charge >= 0.3 is 5.97 Å². The number of benzene rings is 1. The van der Waals surface area contributed by atoms with Crippen LogP contribution in [0.4, 0.5) is 0 Å². The molecule has 0 aliphatic heterocycles. The lowest BCUT2D eigenvalue weighted by Crippen LogP contribution is -2.24. The van der Waals surface area contributed by atoms with Crippen molar-refractivity contribution in [1.29, 1.82) is 0 Å². The van der Waals surface area contributed by atoms with Gasteiger partial charge in [-0.15, -0.1) is 0 Å².